The van der Waals surface area contributed by atoms with Crippen molar-refractivity contribution in [3.8, 4) is 0 Å². The van der Waals surface area contributed by atoms with E-state index in [9.17, 15) is 22.4 Å². The molecule has 1 unspecified atom stereocenters. The number of hydrogen-bond donors (Lipinski definition) is 2. The van der Waals surface area contributed by atoms with E-state index in [1.807, 2.05) is 6.92 Å². The van der Waals surface area contributed by atoms with Crippen LogP contribution in [0, 0.1) is 5.82 Å². The quantitative estimate of drug-likeness (QED) is 0.745. The van der Waals surface area contributed by atoms with E-state index in [2.05, 4.69) is 10.9 Å². The third-order valence-electron chi connectivity index (χ3n) is 4.87. The molecule has 3 rings (SSSR count). The molecule has 7 nitrogen and oxygen atoms in total. The van der Waals surface area contributed by atoms with Crippen LogP contribution >= 0.6 is 0 Å². The molecule has 0 aliphatic carbocycles. The maximum Gasteiger partial charge on any atom is 0.272 e. The first-order valence-electron chi connectivity index (χ1n) is 9.28. The summed E-state index contributed by atoms with van der Waals surface area (Å²) < 4.78 is 40.7. The molecule has 2 N–H and O–H groups in total. The van der Waals surface area contributed by atoms with Crippen LogP contribution in [0.3, 0.4) is 0 Å². The number of halogens is 1. The van der Waals surface area contributed by atoms with Gasteiger partial charge in [-0.15, -0.1) is 0 Å². The van der Waals surface area contributed by atoms with Gasteiger partial charge in [-0.3, -0.25) is 20.4 Å². The maximum atomic E-state index is 13.6. The molecule has 29 heavy (non-hydrogen) atoms. The summed E-state index contributed by atoms with van der Waals surface area (Å²) in [4.78, 5) is 24.3. The molecule has 2 amide bonds. The fourth-order valence-corrected chi connectivity index (χ4v) is 4.94. The summed E-state index contributed by atoms with van der Waals surface area (Å²) in [6, 6.07) is 10.8. The SMILES string of the molecule is CC1CCCCN1S(=O)(=O)c1ccc(C(=O)NNC(=O)c2ccccc2F)cc1. The zero-order valence-corrected chi connectivity index (χ0v) is 16.7. The molecule has 1 aliphatic heterocycles. The van der Waals surface area contributed by atoms with E-state index in [-0.39, 0.29) is 22.1 Å². The number of carbonyl (C=O) groups is 2. The molecule has 0 saturated carbocycles. The van der Waals surface area contributed by atoms with Gasteiger partial charge < -0.3 is 0 Å². The maximum absolute atomic E-state index is 13.6. The number of amides is 2. The van der Waals surface area contributed by atoms with Crippen molar-refractivity contribution < 1.29 is 22.4 Å². The lowest BCUT2D eigenvalue weighted by Crippen LogP contribution is -2.42. The average molecular weight is 419 g/mol. The third-order valence-corrected chi connectivity index (χ3v) is 6.90. The van der Waals surface area contributed by atoms with Crippen molar-refractivity contribution in [2.24, 2.45) is 0 Å². The van der Waals surface area contributed by atoms with Crippen molar-refractivity contribution >= 4 is 21.8 Å². The van der Waals surface area contributed by atoms with Gasteiger partial charge in [0.1, 0.15) is 5.82 Å². The minimum absolute atomic E-state index is 0.0645. The molecule has 9 heteroatoms. The number of sulfonamides is 1. The van der Waals surface area contributed by atoms with Crippen LogP contribution in [0.25, 0.3) is 0 Å². The lowest BCUT2D eigenvalue weighted by atomic mass is 10.1. The predicted molar refractivity (Wildman–Crippen MR) is 105 cm³/mol. The van der Waals surface area contributed by atoms with Gasteiger partial charge in [-0.2, -0.15) is 4.31 Å². The zero-order valence-electron chi connectivity index (χ0n) is 15.9. The minimum atomic E-state index is -3.63. The highest BCUT2D eigenvalue weighted by molar-refractivity contribution is 7.89. The van der Waals surface area contributed by atoms with Gasteiger partial charge in [0, 0.05) is 18.2 Å². The van der Waals surface area contributed by atoms with E-state index in [0.717, 1.165) is 25.3 Å². The van der Waals surface area contributed by atoms with E-state index >= 15 is 0 Å². The summed E-state index contributed by atoms with van der Waals surface area (Å²) in [6.45, 7) is 2.37. The largest absolute Gasteiger partial charge is 0.272 e. The lowest BCUT2D eigenvalue weighted by molar-refractivity contribution is 0.0844. The average Bonchev–Trinajstić information content (AvgIpc) is 2.72. The number of piperidine rings is 1. The second-order valence-electron chi connectivity index (χ2n) is 6.87. The van der Waals surface area contributed by atoms with Gasteiger partial charge in [-0.1, -0.05) is 18.6 Å². The minimum Gasteiger partial charge on any atom is -0.267 e. The van der Waals surface area contributed by atoms with Gasteiger partial charge in [0.05, 0.1) is 10.5 Å². The second kappa shape index (κ2) is 8.71. The first-order valence-corrected chi connectivity index (χ1v) is 10.7. The van der Waals surface area contributed by atoms with Gasteiger partial charge in [0.25, 0.3) is 11.8 Å². The highest BCUT2D eigenvalue weighted by atomic mass is 32.2. The number of hydrazine groups is 1. The normalized spacial score (nSPS) is 17.5. The van der Waals surface area contributed by atoms with Crippen molar-refractivity contribution in [3.63, 3.8) is 0 Å². The molecule has 1 saturated heterocycles. The molecular formula is C20H22FN3O4S. The Morgan fingerprint density at radius 3 is 2.31 bits per heavy atom. The summed E-state index contributed by atoms with van der Waals surface area (Å²) in [5, 5.41) is 0. The molecule has 1 atom stereocenters. The molecule has 1 aliphatic rings. The fourth-order valence-electron chi connectivity index (χ4n) is 3.24. The Morgan fingerprint density at radius 1 is 1.00 bits per heavy atom. The van der Waals surface area contributed by atoms with Crippen LogP contribution in [0.4, 0.5) is 4.39 Å². The number of rotatable bonds is 4. The van der Waals surface area contributed by atoms with Crippen LogP contribution in [0.2, 0.25) is 0 Å². The van der Waals surface area contributed by atoms with Gasteiger partial charge in [0.15, 0.2) is 0 Å². The first-order chi connectivity index (χ1) is 13.8. The van der Waals surface area contributed by atoms with Crippen LogP contribution in [0.15, 0.2) is 53.4 Å². The van der Waals surface area contributed by atoms with Gasteiger partial charge in [-0.25, -0.2) is 12.8 Å². The third kappa shape index (κ3) is 4.63. The van der Waals surface area contributed by atoms with Crippen LogP contribution in [0.5, 0.6) is 0 Å². The molecule has 1 fully saturated rings. The number of carbonyl (C=O) groups excluding carboxylic acids is 2. The molecular weight excluding hydrogens is 397 g/mol. The van der Waals surface area contributed by atoms with E-state index < -0.39 is 27.7 Å². The molecule has 2 aromatic carbocycles. The van der Waals surface area contributed by atoms with Crippen LogP contribution in [0.1, 0.15) is 46.9 Å². The molecule has 0 bridgehead atoms. The zero-order chi connectivity index (χ0) is 21.0. The number of nitrogens with one attached hydrogen (secondary N) is 2. The number of hydrogen-bond acceptors (Lipinski definition) is 4. The van der Waals surface area contributed by atoms with Gasteiger partial charge >= 0.3 is 0 Å². The van der Waals surface area contributed by atoms with E-state index in [0.29, 0.717) is 6.54 Å². The fraction of sp³-hybridized carbons (Fsp3) is 0.300. The van der Waals surface area contributed by atoms with Crippen molar-refractivity contribution in [1.82, 2.24) is 15.2 Å². The molecule has 0 radical (unpaired) electrons. The standard InChI is InChI=1S/C20H22FN3O4S/c1-14-6-4-5-13-24(14)29(27,28)16-11-9-15(10-12-16)19(25)22-23-20(26)17-7-2-3-8-18(17)21/h2-3,7-12,14H,4-6,13H2,1H3,(H,22,25)(H,23,26). The lowest BCUT2D eigenvalue weighted by Gasteiger charge is -2.32. The van der Waals surface area contributed by atoms with Crippen LogP contribution in [-0.4, -0.2) is 37.1 Å². The van der Waals surface area contributed by atoms with Crippen molar-refractivity contribution in [2.75, 3.05) is 6.54 Å². The molecule has 0 spiro atoms. The smallest absolute Gasteiger partial charge is 0.267 e. The Labute approximate surface area is 168 Å². The second-order valence-corrected chi connectivity index (χ2v) is 8.76. The van der Waals surface area contributed by atoms with Gasteiger partial charge in [-0.05, 0) is 56.2 Å². The van der Waals surface area contributed by atoms with E-state index in [1.54, 1.807) is 0 Å². The Kier molecular flexibility index (Phi) is 6.29. The molecule has 2 aromatic rings. The van der Waals surface area contributed by atoms with E-state index in [1.165, 1.54) is 46.8 Å². The Morgan fingerprint density at radius 2 is 1.66 bits per heavy atom. The topological polar surface area (TPSA) is 95.6 Å². The van der Waals surface area contributed by atoms with Crippen molar-refractivity contribution in [2.45, 2.75) is 37.1 Å². The van der Waals surface area contributed by atoms with Crippen molar-refractivity contribution in [3.05, 3.63) is 65.5 Å². The summed E-state index contributed by atoms with van der Waals surface area (Å²) in [5.74, 6) is -2.15. The van der Waals surface area contributed by atoms with Gasteiger partial charge in [0.2, 0.25) is 10.0 Å². The van der Waals surface area contributed by atoms with Crippen LogP contribution < -0.4 is 10.9 Å². The number of nitrogens with zero attached hydrogens (tertiary/aromatic N) is 1. The molecule has 0 aromatic heterocycles. The van der Waals surface area contributed by atoms with Crippen molar-refractivity contribution in [1.29, 1.82) is 0 Å². The molecule has 1 heterocycles. The Balaban J connectivity index is 1.66. The summed E-state index contributed by atoms with van der Waals surface area (Å²) in [7, 11) is -3.63. The summed E-state index contributed by atoms with van der Waals surface area (Å²) in [5.41, 5.74) is 4.28. The Bertz CT molecular complexity index is 1010. The number of benzene rings is 2. The summed E-state index contributed by atoms with van der Waals surface area (Å²) >= 11 is 0. The molecule has 154 valence electrons. The Hall–Kier alpha value is -2.78. The first kappa shape index (κ1) is 20.9. The highest BCUT2D eigenvalue weighted by Gasteiger charge is 2.30. The summed E-state index contributed by atoms with van der Waals surface area (Å²) in [6.07, 6.45) is 2.65. The van der Waals surface area contributed by atoms with E-state index in [4.69, 9.17) is 0 Å². The highest BCUT2D eigenvalue weighted by Crippen LogP contribution is 2.25. The van der Waals surface area contributed by atoms with Crippen LogP contribution in [-0.2, 0) is 10.0 Å². The monoisotopic (exact) mass is 419 g/mol. The predicted octanol–water partition coefficient (Wildman–Crippen LogP) is 2.46.